The van der Waals surface area contributed by atoms with E-state index in [2.05, 4.69) is 25.9 Å². The highest BCUT2D eigenvalue weighted by atomic mass is 16.5. The fourth-order valence-electron chi connectivity index (χ4n) is 2.24. The number of ether oxygens (including phenoxy) is 4. The highest BCUT2D eigenvalue weighted by molar-refractivity contribution is 5.37. The van der Waals surface area contributed by atoms with Gasteiger partial charge in [0.15, 0.2) is 0 Å². The Balaban J connectivity index is 2.40. The van der Waals surface area contributed by atoms with E-state index in [9.17, 15) is 0 Å². The Bertz CT molecular complexity index is 487. The van der Waals surface area contributed by atoms with Gasteiger partial charge in [-0.3, -0.25) is 0 Å². The number of benzene rings is 1. The highest BCUT2D eigenvalue weighted by Crippen LogP contribution is 2.13. The van der Waals surface area contributed by atoms with Crippen molar-refractivity contribution in [3.8, 4) is 17.8 Å². The summed E-state index contributed by atoms with van der Waals surface area (Å²) in [7, 11) is 3.42. The molecule has 24 heavy (non-hydrogen) atoms. The summed E-state index contributed by atoms with van der Waals surface area (Å²) in [6.07, 6.45) is 7.10. The molecule has 0 aliphatic heterocycles. The second-order valence-corrected chi connectivity index (χ2v) is 5.67. The zero-order chi connectivity index (χ0) is 17.6. The third-order valence-electron chi connectivity index (χ3n) is 3.71. The molecule has 0 aliphatic rings. The number of methoxy groups -OCH3 is 2. The van der Waals surface area contributed by atoms with E-state index in [0.717, 1.165) is 37.0 Å². The van der Waals surface area contributed by atoms with Gasteiger partial charge >= 0.3 is 0 Å². The first-order chi connectivity index (χ1) is 11.7. The van der Waals surface area contributed by atoms with Crippen LogP contribution in [0.25, 0.3) is 0 Å². The van der Waals surface area contributed by atoms with Crippen LogP contribution >= 0.6 is 0 Å². The maximum atomic E-state index is 5.74. The molecule has 4 nitrogen and oxygen atoms in total. The molecule has 0 fully saturated rings. The van der Waals surface area contributed by atoms with Gasteiger partial charge in [0.25, 0.3) is 0 Å². The van der Waals surface area contributed by atoms with Crippen LogP contribution in [0, 0.1) is 12.0 Å². The molecule has 0 spiro atoms. The minimum absolute atomic E-state index is 0.108. The molecular weight excluding hydrogens is 304 g/mol. The molecule has 0 aliphatic carbocycles. The second-order valence-electron chi connectivity index (χ2n) is 5.67. The van der Waals surface area contributed by atoms with Crippen molar-refractivity contribution in [2.75, 3.05) is 27.4 Å². The third kappa shape index (κ3) is 8.24. The van der Waals surface area contributed by atoms with Crippen LogP contribution in [0.3, 0.4) is 0 Å². The van der Waals surface area contributed by atoms with E-state index < -0.39 is 0 Å². The third-order valence-corrected chi connectivity index (χ3v) is 3.71. The van der Waals surface area contributed by atoms with Gasteiger partial charge in [-0.2, -0.15) is 0 Å². The Morgan fingerprint density at radius 2 is 1.46 bits per heavy atom. The average Bonchev–Trinajstić information content (AvgIpc) is 2.62. The molecule has 4 heteroatoms. The Hall–Kier alpha value is -1.70. The van der Waals surface area contributed by atoms with Crippen LogP contribution in [0.1, 0.15) is 45.1 Å². The summed E-state index contributed by atoms with van der Waals surface area (Å²) in [4.78, 5) is 0. The molecule has 1 rings (SSSR count). The summed E-state index contributed by atoms with van der Waals surface area (Å²) in [6, 6.07) is 7.68. The Labute approximate surface area is 146 Å². The summed E-state index contributed by atoms with van der Waals surface area (Å²) < 4.78 is 21.8. The Kier molecular flexibility index (Phi) is 10.8. The molecule has 0 heterocycles. The van der Waals surface area contributed by atoms with Gasteiger partial charge in [-0.25, -0.2) is 0 Å². The topological polar surface area (TPSA) is 36.9 Å². The van der Waals surface area contributed by atoms with E-state index in [1.807, 2.05) is 24.3 Å². The van der Waals surface area contributed by atoms with Crippen LogP contribution in [0.2, 0.25) is 0 Å². The Morgan fingerprint density at radius 1 is 0.875 bits per heavy atom. The fraction of sp³-hybridized carbons (Fsp3) is 0.600. The summed E-state index contributed by atoms with van der Waals surface area (Å²) in [5.74, 6) is 3.80. The molecule has 1 aromatic carbocycles. The molecular formula is C20H30O4. The summed E-state index contributed by atoms with van der Waals surface area (Å²) in [6.45, 7) is 5.32. The summed E-state index contributed by atoms with van der Waals surface area (Å²) >= 11 is 0. The van der Waals surface area contributed by atoms with Crippen LogP contribution < -0.4 is 4.74 Å². The Morgan fingerprint density at radius 3 is 2.00 bits per heavy atom. The van der Waals surface area contributed by atoms with E-state index >= 15 is 0 Å². The van der Waals surface area contributed by atoms with Gasteiger partial charge in [0.2, 0.25) is 0 Å². The molecule has 1 aromatic rings. The van der Waals surface area contributed by atoms with Crippen molar-refractivity contribution >= 4 is 0 Å². The molecule has 0 aromatic heterocycles. The lowest BCUT2D eigenvalue weighted by Gasteiger charge is -2.15. The normalized spacial score (nSPS) is 12.8. The number of rotatable bonds is 11. The predicted molar refractivity (Wildman–Crippen MR) is 96.2 cm³/mol. The standard InChI is InChI=1S/C20H30O4/c1-5-7-19(21-3)15-23-14-13-17-9-11-18(12-10-17)24-16-20(22-4)8-6-2/h9-12,19-20H,5-8,15-16H2,1-4H3. The minimum Gasteiger partial charge on any atom is -0.491 e. The van der Waals surface area contributed by atoms with Gasteiger partial charge in [-0.15, -0.1) is 0 Å². The SMILES string of the molecule is CCCC(COC#Cc1ccc(OCC(CCC)OC)cc1)OC. The van der Waals surface area contributed by atoms with Crippen molar-refractivity contribution in [2.45, 2.75) is 51.7 Å². The van der Waals surface area contributed by atoms with Crippen LogP contribution in [0.4, 0.5) is 0 Å². The lowest BCUT2D eigenvalue weighted by Crippen LogP contribution is -2.19. The van der Waals surface area contributed by atoms with E-state index in [1.165, 1.54) is 0 Å². The zero-order valence-electron chi connectivity index (χ0n) is 15.3. The van der Waals surface area contributed by atoms with Gasteiger partial charge in [0.1, 0.15) is 25.1 Å². The van der Waals surface area contributed by atoms with Crippen molar-refractivity contribution in [3.05, 3.63) is 29.8 Å². The molecule has 0 saturated carbocycles. The first-order valence-electron chi connectivity index (χ1n) is 8.64. The van der Waals surface area contributed by atoms with E-state index in [4.69, 9.17) is 18.9 Å². The summed E-state index contributed by atoms with van der Waals surface area (Å²) in [5, 5.41) is 0. The van der Waals surface area contributed by atoms with Crippen LogP contribution in [0.5, 0.6) is 5.75 Å². The van der Waals surface area contributed by atoms with Crippen molar-refractivity contribution < 1.29 is 18.9 Å². The van der Waals surface area contributed by atoms with Crippen molar-refractivity contribution in [3.63, 3.8) is 0 Å². The maximum Gasteiger partial charge on any atom is 0.126 e. The van der Waals surface area contributed by atoms with Gasteiger partial charge < -0.3 is 18.9 Å². The smallest absolute Gasteiger partial charge is 0.126 e. The van der Waals surface area contributed by atoms with E-state index in [-0.39, 0.29) is 12.2 Å². The number of hydrogen-bond donors (Lipinski definition) is 0. The molecule has 0 saturated heterocycles. The molecule has 2 atom stereocenters. The molecule has 0 bridgehead atoms. The van der Waals surface area contributed by atoms with Gasteiger partial charge in [0, 0.05) is 19.8 Å². The van der Waals surface area contributed by atoms with Gasteiger partial charge in [-0.05, 0) is 43.0 Å². The van der Waals surface area contributed by atoms with Crippen LogP contribution in [0.15, 0.2) is 24.3 Å². The molecule has 0 amide bonds. The monoisotopic (exact) mass is 334 g/mol. The molecule has 0 radical (unpaired) electrons. The lowest BCUT2D eigenvalue weighted by atomic mass is 10.2. The quantitative estimate of drug-likeness (QED) is 0.573. The average molecular weight is 334 g/mol. The largest absolute Gasteiger partial charge is 0.491 e. The van der Waals surface area contributed by atoms with E-state index in [0.29, 0.717) is 13.2 Å². The lowest BCUT2D eigenvalue weighted by molar-refractivity contribution is 0.0421. The first kappa shape index (κ1) is 20.3. The predicted octanol–water partition coefficient (Wildman–Crippen LogP) is 4.02. The molecule has 0 N–H and O–H groups in total. The van der Waals surface area contributed by atoms with Crippen LogP contribution in [-0.2, 0) is 14.2 Å². The van der Waals surface area contributed by atoms with Crippen molar-refractivity contribution in [1.29, 1.82) is 0 Å². The first-order valence-corrected chi connectivity index (χ1v) is 8.64. The van der Waals surface area contributed by atoms with Crippen molar-refractivity contribution in [2.24, 2.45) is 0 Å². The highest BCUT2D eigenvalue weighted by Gasteiger charge is 2.07. The fourth-order valence-corrected chi connectivity index (χ4v) is 2.24. The zero-order valence-corrected chi connectivity index (χ0v) is 15.3. The molecule has 134 valence electrons. The van der Waals surface area contributed by atoms with Crippen LogP contribution in [-0.4, -0.2) is 39.6 Å². The van der Waals surface area contributed by atoms with Crippen molar-refractivity contribution in [1.82, 2.24) is 0 Å². The van der Waals surface area contributed by atoms with Gasteiger partial charge in [-0.1, -0.05) is 26.7 Å². The number of hydrogen-bond acceptors (Lipinski definition) is 4. The minimum atomic E-state index is 0.108. The summed E-state index contributed by atoms with van der Waals surface area (Å²) in [5.41, 5.74) is 0.892. The van der Waals surface area contributed by atoms with Gasteiger partial charge in [0.05, 0.1) is 12.2 Å². The maximum absolute atomic E-state index is 5.74. The second kappa shape index (κ2) is 12.7. The van der Waals surface area contributed by atoms with E-state index in [1.54, 1.807) is 14.2 Å². The molecule has 2 unspecified atom stereocenters.